The van der Waals surface area contributed by atoms with Gasteiger partial charge in [0.25, 0.3) is 0 Å². The Kier molecular flexibility index (Phi) is 1.81. The molecule has 1 fully saturated rings. The van der Waals surface area contributed by atoms with Crippen LogP contribution < -0.4 is 5.32 Å². The summed E-state index contributed by atoms with van der Waals surface area (Å²) in [5.41, 5.74) is 2.64. The number of aromatic nitrogens is 1. The maximum atomic E-state index is 3.50. The van der Waals surface area contributed by atoms with Crippen LogP contribution in [0.15, 0.2) is 30.3 Å². The molecule has 1 aromatic carbocycles. The minimum absolute atomic E-state index is 0.683. The van der Waals surface area contributed by atoms with Gasteiger partial charge in [-0.25, -0.2) is 0 Å². The molecule has 3 rings (SSSR count). The number of para-hydroxylation sites is 1. The molecule has 1 aromatic heterocycles. The van der Waals surface area contributed by atoms with Gasteiger partial charge in [0.05, 0.1) is 0 Å². The molecule has 2 heteroatoms. The molecule has 2 aromatic rings. The number of hydrogen-bond acceptors (Lipinski definition) is 1. The molecule has 1 atom stereocenters. The van der Waals surface area contributed by atoms with Crippen LogP contribution in [0, 0.1) is 0 Å². The predicted octanol–water partition coefficient (Wildman–Crippen LogP) is 2.24. The van der Waals surface area contributed by atoms with E-state index in [1.165, 1.54) is 23.0 Å². The molecule has 0 aliphatic carbocycles. The van der Waals surface area contributed by atoms with Gasteiger partial charge in [-0.1, -0.05) is 18.2 Å². The summed E-state index contributed by atoms with van der Waals surface area (Å²) >= 11 is 0. The summed E-state index contributed by atoms with van der Waals surface area (Å²) in [4.78, 5) is 3.50. The third-order valence-corrected chi connectivity index (χ3v) is 3.05. The molecule has 14 heavy (non-hydrogen) atoms. The number of aromatic amines is 1. The Labute approximate surface area is 83.3 Å². The van der Waals surface area contributed by atoms with Gasteiger partial charge >= 0.3 is 0 Å². The first-order chi connectivity index (χ1) is 6.93. The van der Waals surface area contributed by atoms with Crippen molar-refractivity contribution in [2.45, 2.75) is 12.3 Å². The van der Waals surface area contributed by atoms with Crippen LogP contribution in [0.3, 0.4) is 0 Å². The van der Waals surface area contributed by atoms with Gasteiger partial charge in [-0.15, -0.1) is 0 Å². The Morgan fingerprint density at radius 1 is 1.21 bits per heavy atom. The molecule has 0 amide bonds. The third-order valence-electron chi connectivity index (χ3n) is 3.05. The molecule has 0 spiro atoms. The van der Waals surface area contributed by atoms with E-state index in [-0.39, 0.29) is 0 Å². The second-order valence-corrected chi connectivity index (χ2v) is 4.00. The van der Waals surface area contributed by atoms with E-state index in [0.717, 1.165) is 13.1 Å². The lowest BCUT2D eigenvalue weighted by atomic mass is 10.1. The number of rotatable bonds is 1. The van der Waals surface area contributed by atoms with E-state index in [4.69, 9.17) is 0 Å². The first-order valence-electron chi connectivity index (χ1n) is 5.22. The van der Waals surface area contributed by atoms with Crippen LogP contribution in [-0.4, -0.2) is 18.1 Å². The lowest BCUT2D eigenvalue weighted by molar-refractivity contribution is 0.743. The number of H-pyrrole nitrogens is 1. The molecule has 0 saturated carbocycles. The SMILES string of the molecule is c1ccc2[nH]c([C@@H]3CCNC3)cc2c1. The van der Waals surface area contributed by atoms with Crippen molar-refractivity contribution in [2.75, 3.05) is 13.1 Å². The maximum Gasteiger partial charge on any atom is 0.0456 e. The second kappa shape index (κ2) is 3.14. The summed E-state index contributed by atoms with van der Waals surface area (Å²) in [6.07, 6.45) is 1.26. The van der Waals surface area contributed by atoms with E-state index in [9.17, 15) is 0 Å². The fraction of sp³-hybridized carbons (Fsp3) is 0.333. The highest BCUT2D eigenvalue weighted by Crippen LogP contribution is 2.25. The van der Waals surface area contributed by atoms with Crippen molar-refractivity contribution in [1.29, 1.82) is 0 Å². The van der Waals surface area contributed by atoms with E-state index >= 15 is 0 Å². The van der Waals surface area contributed by atoms with Gasteiger partial charge in [0.1, 0.15) is 0 Å². The second-order valence-electron chi connectivity index (χ2n) is 4.00. The van der Waals surface area contributed by atoms with Crippen molar-refractivity contribution in [3.8, 4) is 0 Å². The maximum absolute atomic E-state index is 3.50. The molecule has 0 unspecified atom stereocenters. The smallest absolute Gasteiger partial charge is 0.0456 e. The third kappa shape index (κ3) is 1.23. The molecular weight excluding hydrogens is 172 g/mol. The van der Waals surface area contributed by atoms with Crippen molar-refractivity contribution >= 4 is 10.9 Å². The van der Waals surface area contributed by atoms with E-state index in [1.807, 2.05) is 0 Å². The first kappa shape index (κ1) is 8.06. The molecule has 2 N–H and O–H groups in total. The van der Waals surface area contributed by atoms with Gasteiger partial charge in [-0.2, -0.15) is 0 Å². The van der Waals surface area contributed by atoms with Crippen LogP contribution in [0.2, 0.25) is 0 Å². The number of fused-ring (bicyclic) bond motifs is 1. The summed E-state index contributed by atoms with van der Waals surface area (Å²) in [6, 6.07) is 10.8. The number of nitrogens with one attached hydrogen (secondary N) is 2. The fourth-order valence-electron chi connectivity index (χ4n) is 2.24. The Hall–Kier alpha value is -1.28. The topological polar surface area (TPSA) is 27.8 Å². The largest absolute Gasteiger partial charge is 0.358 e. The zero-order valence-corrected chi connectivity index (χ0v) is 8.09. The summed E-state index contributed by atoms with van der Waals surface area (Å²) in [6.45, 7) is 2.27. The average Bonchev–Trinajstić information content (AvgIpc) is 2.86. The van der Waals surface area contributed by atoms with Crippen LogP contribution in [0.25, 0.3) is 10.9 Å². The Morgan fingerprint density at radius 2 is 2.14 bits per heavy atom. The average molecular weight is 186 g/mol. The summed E-state index contributed by atoms with van der Waals surface area (Å²) in [5.74, 6) is 0.683. The quantitative estimate of drug-likeness (QED) is 0.702. The Balaban J connectivity index is 2.05. The highest BCUT2D eigenvalue weighted by molar-refractivity contribution is 5.80. The standard InChI is InChI=1S/C12H14N2/c1-2-4-11-9(3-1)7-12(14-11)10-5-6-13-8-10/h1-4,7,10,13-14H,5-6,8H2/t10-/m1/s1. The normalized spacial score (nSPS) is 21.9. The van der Waals surface area contributed by atoms with Crippen molar-refractivity contribution in [3.63, 3.8) is 0 Å². The monoisotopic (exact) mass is 186 g/mol. The minimum Gasteiger partial charge on any atom is -0.358 e. The fourth-order valence-corrected chi connectivity index (χ4v) is 2.24. The molecule has 0 bridgehead atoms. The summed E-state index contributed by atoms with van der Waals surface area (Å²) < 4.78 is 0. The van der Waals surface area contributed by atoms with Crippen LogP contribution in [0.4, 0.5) is 0 Å². The summed E-state index contributed by atoms with van der Waals surface area (Å²) in [7, 11) is 0. The Morgan fingerprint density at radius 3 is 2.93 bits per heavy atom. The highest BCUT2D eigenvalue weighted by Gasteiger charge is 2.17. The van der Waals surface area contributed by atoms with Crippen LogP contribution in [-0.2, 0) is 0 Å². The van der Waals surface area contributed by atoms with Gasteiger partial charge < -0.3 is 10.3 Å². The minimum atomic E-state index is 0.683. The molecule has 1 aliphatic rings. The molecule has 72 valence electrons. The lowest BCUT2D eigenvalue weighted by Crippen LogP contribution is -2.07. The van der Waals surface area contributed by atoms with Crippen LogP contribution in [0.1, 0.15) is 18.0 Å². The van der Waals surface area contributed by atoms with E-state index < -0.39 is 0 Å². The number of benzene rings is 1. The van der Waals surface area contributed by atoms with Gasteiger partial charge in [0.15, 0.2) is 0 Å². The molecule has 2 heterocycles. The molecule has 2 nitrogen and oxygen atoms in total. The van der Waals surface area contributed by atoms with Crippen molar-refractivity contribution in [2.24, 2.45) is 0 Å². The van der Waals surface area contributed by atoms with Gasteiger partial charge in [-0.05, 0) is 30.5 Å². The van der Waals surface area contributed by atoms with E-state index in [2.05, 4.69) is 40.6 Å². The molecular formula is C12H14N2. The van der Waals surface area contributed by atoms with Crippen molar-refractivity contribution in [3.05, 3.63) is 36.0 Å². The van der Waals surface area contributed by atoms with E-state index in [0.29, 0.717) is 5.92 Å². The summed E-state index contributed by atoms with van der Waals surface area (Å²) in [5, 5.41) is 4.72. The Bertz CT molecular complexity index is 405. The zero-order chi connectivity index (χ0) is 9.38. The van der Waals surface area contributed by atoms with Gasteiger partial charge in [0.2, 0.25) is 0 Å². The highest BCUT2D eigenvalue weighted by atomic mass is 14.9. The molecule has 1 aliphatic heterocycles. The predicted molar refractivity (Wildman–Crippen MR) is 58.5 cm³/mol. The number of hydrogen-bond donors (Lipinski definition) is 2. The van der Waals surface area contributed by atoms with Gasteiger partial charge in [-0.3, -0.25) is 0 Å². The van der Waals surface area contributed by atoms with Crippen LogP contribution in [0.5, 0.6) is 0 Å². The van der Waals surface area contributed by atoms with E-state index in [1.54, 1.807) is 0 Å². The van der Waals surface area contributed by atoms with Crippen LogP contribution >= 0.6 is 0 Å². The zero-order valence-electron chi connectivity index (χ0n) is 8.09. The molecule has 0 radical (unpaired) electrons. The van der Waals surface area contributed by atoms with Crippen molar-refractivity contribution in [1.82, 2.24) is 10.3 Å². The molecule has 1 saturated heterocycles. The van der Waals surface area contributed by atoms with Gasteiger partial charge in [0, 0.05) is 23.7 Å². The van der Waals surface area contributed by atoms with Crippen molar-refractivity contribution < 1.29 is 0 Å². The lowest BCUT2D eigenvalue weighted by Gasteiger charge is -2.03. The first-order valence-corrected chi connectivity index (χ1v) is 5.22.